The molecule has 4 aliphatic rings. The van der Waals surface area contributed by atoms with Crippen molar-refractivity contribution in [3.05, 3.63) is 120 Å². The minimum atomic E-state index is 0.123. The second-order valence-electron chi connectivity index (χ2n) is 12.0. The fourth-order valence-corrected chi connectivity index (χ4v) is 8.20. The summed E-state index contributed by atoms with van der Waals surface area (Å²) >= 11 is 0. The smallest absolute Gasteiger partial charge is 0.363 e. The minimum Gasteiger partial charge on any atom is -0.437 e. The molecule has 0 saturated carbocycles. The van der Waals surface area contributed by atoms with Gasteiger partial charge in [-0.05, 0) is 81.4 Å². The summed E-state index contributed by atoms with van der Waals surface area (Å²) < 4.78 is 14.3. The fraction of sp³-hybridized carbons (Fsp3) is 0.368. The number of para-hydroxylation sites is 2. The van der Waals surface area contributed by atoms with Gasteiger partial charge < -0.3 is 9.15 Å². The average molecular weight is 654 g/mol. The Morgan fingerprint density at radius 3 is 2.13 bits per heavy atom. The zero-order valence-electron chi connectivity index (χ0n) is 27.1. The number of likely N-dealkylation sites (N-methyl/N-ethyl adjacent to an activating group) is 3. The Bertz CT molecular complexity index is 1610. The van der Waals surface area contributed by atoms with Gasteiger partial charge in [-0.25, -0.2) is 4.98 Å². The Balaban J connectivity index is 0.845. The molecule has 1 aliphatic heterocycles. The van der Waals surface area contributed by atoms with Crippen molar-refractivity contribution in [1.82, 2.24) is 14.8 Å². The van der Waals surface area contributed by atoms with E-state index in [9.17, 15) is 0 Å². The molecule has 0 N–H and O–H groups in total. The van der Waals surface area contributed by atoms with Crippen LogP contribution in [-0.4, -0.2) is 94.7 Å². The number of benzene rings is 1. The number of allylic oxidation sites excluding steroid dienone is 8. The van der Waals surface area contributed by atoms with Gasteiger partial charge in [0.2, 0.25) is 11.9 Å². The SMILES string of the molecule is CC[N+]1=C(/C=C/C2=CCC(N(C)CCSSCCN(C)C3C=CC(/C=C/c4nc5ccccc5o4)=CC3)C=C2)OC2C=CC=CC21. The van der Waals surface area contributed by atoms with Crippen molar-refractivity contribution in [2.24, 2.45) is 0 Å². The molecule has 3 aliphatic carbocycles. The maximum atomic E-state index is 6.21. The van der Waals surface area contributed by atoms with Gasteiger partial charge in [-0.15, -0.1) is 0 Å². The van der Waals surface area contributed by atoms with Crippen molar-refractivity contribution in [3.63, 3.8) is 0 Å². The Morgan fingerprint density at radius 2 is 1.50 bits per heavy atom. The monoisotopic (exact) mass is 653 g/mol. The molecule has 0 radical (unpaired) electrons. The molecule has 8 heteroatoms. The lowest BCUT2D eigenvalue weighted by Gasteiger charge is -2.27. The average Bonchev–Trinajstić information content (AvgIpc) is 3.68. The largest absolute Gasteiger partial charge is 0.437 e. The van der Waals surface area contributed by atoms with Gasteiger partial charge in [0, 0.05) is 42.8 Å². The second kappa shape index (κ2) is 16.0. The number of hydrogen-bond donors (Lipinski definition) is 0. The molecule has 4 unspecified atom stereocenters. The van der Waals surface area contributed by atoms with Crippen LogP contribution in [0.15, 0.2) is 119 Å². The first-order valence-corrected chi connectivity index (χ1v) is 18.8. The lowest BCUT2D eigenvalue weighted by molar-refractivity contribution is -0.543. The van der Waals surface area contributed by atoms with Crippen LogP contribution in [0.1, 0.15) is 25.7 Å². The highest BCUT2D eigenvalue weighted by Gasteiger charge is 2.39. The standard InChI is InChI=1S/C38H45N4O2S2/c1-4-42-34-10-6-8-12-36(34)44-38(42)24-18-30-15-21-32(22-16-30)41(3)26-28-46-45-27-25-40(2)31-19-13-29(14-20-31)17-23-37-39-33-9-5-7-11-35(33)43-37/h5-19,21,23-24,31-32,34,36H,4,20,22,25-28H2,1-3H3/q+1/b23-17+,24-18+. The highest BCUT2D eigenvalue weighted by Crippen LogP contribution is 2.25. The highest BCUT2D eigenvalue weighted by molar-refractivity contribution is 8.76. The van der Waals surface area contributed by atoms with E-state index in [-0.39, 0.29) is 6.10 Å². The molecule has 0 bridgehead atoms. The molecule has 4 atom stereocenters. The van der Waals surface area contributed by atoms with E-state index in [2.05, 4.69) is 119 Å². The van der Waals surface area contributed by atoms with E-state index >= 15 is 0 Å². The maximum absolute atomic E-state index is 6.21. The van der Waals surface area contributed by atoms with Crippen LogP contribution in [0, 0.1) is 0 Å². The summed E-state index contributed by atoms with van der Waals surface area (Å²) in [7, 11) is 8.44. The van der Waals surface area contributed by atoms with Gasteiger partial charge in [-0.2, -0.15) is 4.58 Å². The van der Waals surface area contributed by atoms with E-state index in [0.717, 1.165) is 61.0 Å². The molecule has 2 heterocycles. The summed E-state index contributed by atoms with van der Waals surface area (Å²) in [6.45, 7) is 5.28. The minimum absolute atomic E-state index is 0.123. The number of oxazole rings is 1. The first-order chi connectivity index (χ1) is 22.6. The molecule has 240 valence electrons. The first-order valence-electron chi connectivity index (χ1n) is 16.4. The Kier molecular flexibility index (Phi) is 11.4. The molecule has 1 aromatic heterocycles. The van der Waals surface area contributed by atoms with Gasteiger partial charge in [-0.3, -0.25) is 9.80 Å². The lowest BCUT2D eigenvalue weighted by Crippen LogP contribution is -2.33. The van der Waals surface area contributed by atoms with Crippen molar-refractivity contribution >= 4 is 44.7 Å². The van der Waals surface area contributed by atoms with Crippen molar-refractivity contribution in [2.75, 3.05) is 45.2 Å². The molecule has 1 aromatic carbocycles. The van der Waals surface area contributed by atoms with E-state index in [1.54, 1.807) is 0 Å². The Morgan fingerprint density at radius 1 is 0.848 bits per heavy atom. The van der Waals surface area contributed by atoms with Gasteiger partial charge in [0.15, 0.2) is 11.7 Å². The lowest BCUT2D eigenvalue weighted by atomic mass is 10.0. The molecule has 0 fully saturated rings. The maximum Gasteiger partial charge on any atom is 0.363 e. The third kappa shape index (κ3) is 8.34. The molecule has 0 spiro atoms. The number of fused-ring (bicyclic) bond motifs is 2. The normalized spacial score (nSPS) is 24.2. The number of hydrogen-bond acceptors (Lipinski definition) is 7. The van der Waals surface area contributed by atoms with Crippen LogP contribution in [-0.2, 0) is 4.74 Å². The van der Waals surface area contributed by atoms with Crippen LogP contribution in [0.3, 0.4) is 0 Å². The van der Waals surface area contributed by atoms with Crippen LogP contribution < -0.4 is 0 Å². The van der Waals surface area contributed by atoms with Crippen molar-refractivity contribution in [3.8, 4) is 0 Å². The zero-order chi connectivity index (χ0) is 31.7. The van der Waals surface area contributed by atoms with Gasteiger partial charge in [0.05, 0.1) is 6.08 Å². The first kappa shape index (κ1) is 32.6. The van der Waals surface area contributed by atoms with Gasteiger partial charge in [-0.1, -0.05) is 82.3 Å². The summed E-state index contributed by atoms with van der Waals surface area (Å²) in [5, 5.41) is 0. The van der Waals surface area contributed by atoms with Crippen molar-refractivity contribution in [2.45, 2.75) is 44.0 Å². The topological polar surface area (TPSA) is 44.8 Å². The van der Waals surface area contributed by atoms with Crippen LogP contribution in [0.25, 0.3) is 17.2 Å². The molecule has 0 amide bonds. The van der Waals surface area contributed by atoms with Gasteiger partial charge in [0.25, 0.3) is 0 Å². The fourth-order valence-electron chi connectivity index (χ4n) is 6.08. The van der Waals surface area contributed by atoms with Crippen molar-refractivity contribution < 1.29 is 13.7 Å². The third-order valence-electron chi connectivity index (χ3n) is 8.93. The summed E-state index contributed by atoms with van der Waals surface area (Å²) in [4.78, 5) is 9.45. The number of nitrogens with zero attached hydrogens (tertiary/aromatic N) is 4. The summed E-state index contributed by atoms with van der Waals surface area (Å²) in [6.07, 6.45) is 32.9. The molecular formula is C38H45N4O2S2+. The molecule has 46 heavy (non-hydrogen) atoms. The van der Waals surface area contributed by atoms with Crippen LogP contribution in [0.5, 0.6) is 0 Å². The predicted octanol–water partition coefficient (Wildman–Crippen LogP) is 7.48. The predicted molar refractivity (Wildman–Crippen MR) is 196 cm³/mol. The molecule has 0 saturated heterocycles. The Labute approximate surface area is 281 Å². The summed E-state index contributed by atoms with van der Waals surface area (Å²) in [5.41, 5.74) is 4.17. The summed E-state index contributed by atoms with van der Waals surface area (Å²) in [6, 6.07) is 9.07. The zero-order valence-corrected chi connectivity index (χ0v) is 28.7. The van der Waals surface area contributed by atoms with E-state index in [1.165, 1.54) is 11.1 Å². The van der Waals surface area contributed by atoms with Crippen LogP contribution in [0.4, 0.5) is 0 Å². The molecule has 6 rings (SSSR count). The van der Waals surface area contributed by atoms with Gasteiger partial charge >= 0.3 is 5.90 Å². The van der Waals surface area contributed by atoms with E-state index in [4.69, 9.17) is 9.15 Å². The van der Waals surface area contributed by atoms with E-state index in [1.807, 2.05) is 51.9 Å². The Hall–Kier alpha value is -3.30. The number of ether oxygens (including phenoxy) is 1. The van der Waals surface area contributed by atoms with Crippen LogP contribution >= 0.6 is 21.6 Å². The second-order valence-corrected chi connectivity index (χ2v) is 14.7. The summed E-state index contributed by atoms with van der Waals surface area (Å²) in [5.74, 6) is 3.86. The van der Waals surface area contributed by atoms with E-state index < -0.39 is 0 Å². The quantitative estimate of drug-likeness (QED) is 0.119. The van der Waals surface area contributed by atoms with Crippen LogP contribution in [0.2, 0.25) is 0 Å². The third-order valence-corrected chi connectivity index (χ3v) is 11.3. The van der Waals surface area contributed by atoms with Gasteiger partial charge in [0.1, 0.15) is 12.1 Å². The number of rotatable bonds is 14. The van der Waals surface area contributed by atoms with E-state index in [0.29, 0.717) is 24.0 Å². The number of aromatic nitrogens is 1. The molecule has 6 nitrogen and oxygen atoms in total. The molecular weight excluding hydrogens is 609 g/mol. The van der Waals surface area contributed by atoms with Crippen molar-refractivity contribution in [1.29, 1.82) is 0 Å². The highest BCUT2D eigenvalue weighted by atomic mass is 33.1. The molecule has 2 aromatic rings.